The Bertz CT molecular complexity index is 1280. The van der Waals surface area contributed by atoms with Crippen LogP contribution in [0.2, 0.25) is 0 Å². The second-order valence-corrected chi connectivity index (χ2v) is 6.63. The van der Waals surface area contributed by atoms with E-state index in [1.54, 1.807) is 27.8 Å². The van der Waals surface area contributed by atoms with E-state index in [0.29, 0.717) is 16.7 Å². The van der Waals surface area contributed by atoms with E-state index in [1.165, 1.54) is 6.07 Å². The van der Waals surface area contributed by atoms with Gasteiger partial charge in [-0.15, -0.1) is 0 Å². The van der Waals surface area contributed by atoms with Crippen LogP contribution in [0.5, 0.6) is 0 Å². The number of nitrogens with one attached hydrogen (secondary N) is 1. The highest BCUT2D eigenvalue weighted by Gasteiger charge is 2.19. The largest absolute Gasteiger partial charge is 0.278 e. The average molecular weight is 361 g/mol. The molecule has 5 aromatic rings. The summed E-state index contributed by atoms with van der Waals surface area (Å²) in [6.45, 7) is 1.95. The number of fused-ring (bicyclic) bond motifs is 2. The molecule has 1 N–H and O–H groups in total. The zero-order chi connectivity index (χ0) is 18.5. The van der Waals surface area contributed by atoms with Crippen LogP contribution in [-0.4, -0.2) is 34.6 Å². The topological polar surface area (TPSA) is 76.7 Å². The van der Waals surface area contributed by atoms with Gasteiger partial charge in [-0.1, -0.05) is 6.92 Å². The zero-order valence-corrected chi connectivity index (χ0v) is 14.8. The van der Waals surface area contributed by atoms with Gasteiger partial charge in [0.25, 0.3) is 0 Å². The molecule has 1 aromatic carbocycles. The van der Waals surface area contributed by atoms with Crippen molar-refractivity contribution in [3.63, 3.8) is 0 Å². The Morgan fingerprint density at radius 3 is 2.85 bits per heavy atom. The zero-order valence-electron chi connectivity index (χ0n) is 14.8. The minimum atomic E-state index is -0.280. The average Bonchev–Trinajstić information content (AvgIpc) is 3.38. The molecule has 0 aliphatic heterocycles. The van der Waals surface area contributed by atoms with Crippen LogP contribution >= 0.6 is 0 Å². The van der Waals surface area contributed by atoms with Crippen molar-refractivity contribution in [2.75, 3.05) is 0 Å². The predicted molar refractivity (Wildman–Crippen MR) is 98.8 cm³/mol. The highest BCUT2D eigenvalue weighted by molar-refractivity contribution is 5.79. The van der Waals surface area contributed by atoms with Crippen molar-refractivity contribution in [1.82, 2.24) is 34.6 Å². The molecule has 0 fully saturated rings. The lowest BCUT2D eigenvalue weighted by Crippen LogP contribution is -2.06. The minimum absolute atomic E-state index is 0.226. The van der Waals surface area contributed by atoms with E-state index in [9.17, 15) is 4.39 Å². The van der Waals surface area contributed by atoms with E-state index >= 15 is 0 Å². The molecule has 27 heavy (non-hydrogen) atoms. The smallest absolute Gasteiger partial charge is 0.153 e. The van der Waals surface area contributed by atoms with Crippen molar-refractivity contribution in [2.24, 2.45) is 7.05 Å². The van der Waals surface area contributed by atoms with Crippen LogP contribution in [0, 0.1) is 5.82 Å². The number of halogens is 1. The lowest BCUT2D eigenvalue weighted by atomic mass is 9.96. The standard InChI is InChI=1S/C19H16FN7/c1-11(14-5-12-7-22-24-17(12)6-15(14)20)18-9-21-19-4-3-16(25-27(18)19)13-8-23-26(2)10-13/h3-11H,1-2H3,(H,22,24)/t11-/m1/s1. The highest BCUT2D eigenvalue weighted by atomic mass is 19.1. The quantitative estimate of drug-likeness (QED) is 0.535. The molecule has 5 rings (SSSR count). The third-order valence-electron chi connectivity index (χ3n) is 4.86. The molecule has 8 heteroatoms. The summed E-state index contributed by atoms with van der Waals surface area (Å²) < 4.78 is 18.2. The second kappa shape index (κ2) is 5.73. The van der Waals surface area contributed by atoms with E-state index in [1.807, 2.05) is 38.4 Å². The predicted octanol–water partition coefficient (Wildman–Crippen LogP) is 3.30. The number of H-pyrrole nitrogens is 1. The first-order valence-corrected chi connectivity index (χ1v) is 8.56. The first-order chi connectivity index (χ1) is 13.1. The number of hydrogen-bond donors (Lipinski definition) is 1. The minimum Gasteiger partial charge on any atom is -0.278 e. The van der Waals surface area contributed by atoms with Crippen LogP contribution in [0.25, 0.3) is 27.8 Å². The van der Waals surface area contributed by atoms with Gasteiger partial charge in [-0.05, 0) is 29.8 Å². The molecule has 0 amide bonds. The molecular weight excluding hydrogens is 345 g/mol. The first kappa shape index (κ1) is 15.7. The summed E-state index contributed by atoms with van der Waals surface area (Å²) in [5, 5.41) is 16.5. The Morgan fingerprint density at radius 1 is 1.15 bits per heavy atom. The van der Waals surface area contributed by atoms with E-state index in [0.717, 1.165) is 22.3 Å². The van der Waals surface area contributed by atoms with Gasteiger partial charge < -0.3 is 0 Å². The molecule has 0 saturated heterocycles. The van der Waals surface area contributed by atoms with E-state index in [4.69, 9.17) is 5.10 Å². The molecule has 0 radical (unpaired) electrons. The van der Waals surface area contributed by atoms with Crippen molar-refractivity contribution in [2.45, 2.75) is 12.8 Å². The van der Waals surface area contributed by atoms with Gasteiger partial charge in [-0.3, -0.25) is 9.78 Å². The Balaban J connectivity index is 1.63. The third-order valence-corrected chi connectivity index (χ3v) is 4.86. The van der Waals surface area contributed by atoms with Crippen molar-refractivity contribution in [3.8, 4) is 11.3 Å². The van der Waals surface area contributed by atoms with Crippen LogP contribution in [0.1, 0.15) is 24.1 Å². The van der Waals surface area contributed by atoms with Gasteiger partial charge in [0.2, 0.25) is 0 Å². The SMILES string of the molecule is C[C@H](c1cc2cn[nH]c2cc1F)c1cnc2ccc(-c3cnn(C)c3)nn12. The van der Waals surface area contributed by atoms with Gasteiger partial charge in [0.05, 0.1) is 35.5 Å². The molecule has 4 aromatic heterocycles. The van der Waals surface area contributed by atoms with Crippen LogP contribution in [0.4, 0.5) is 4.39 Å². The summed E-state index contributed by atoms with van der Waals surface area (Å²) in [7, 11) is 1.86. The Morgan fingerprint density at radius 2 is 2.04 bits per heavy atom. The fraction of sp³-hybridized carbons (Fsp3) is 0.158. The number of benzene rings is 1. The molecular formula is C19H16FN7. The maximum atomic E-state index is 14.7. The number of aryl methyl sites for hydroxylation is 1. The molecule has 4 heterocycles. The molecule has 134 valence electrons. The number of imidazole rings is 1. The Hall–Kier alpha value is -3.55. The van der Waals surface area contributed by atoms with E-state index < -0.39 is 0 Å². The third kappa shape index (κ3) is 2.49. The van der Waals surface area contributed by atoms with Crippen molar-refractivity contribution in [3.05, 3.63) is 66.1 Å². The lowest BCUT2D eigenvalue weighted by Gasteiger charge is -2.13. The van der Waals surface area contributed by atoms with Crippen LogP contribution in [0.15, 0.2) is 49.1 Å². The Kier molecular flexibility index (Phi) is 3.33. The van der Waals surface area contributed by atoms with E-state index in [-0.39, 0.29) is 11.7 Å². The van der Waals surface area contributed by atoms with Crippen molar-refractivity contribution >= 4 is 16.6 Å². The number of nitrogens with zero attached hydrogens (tertiary/aromatic N) is 6. The summed E-state index contributed by atoms with van der Waals surface area (Å²) >= 11 is 0. The first-order valence-electron chi connectivity index (χ1n) is 8.56. The molecule has 0 spiro atoms. The molecule has 7 nitrogen and oxygen atoms in total. The van der Waals surface area contributed by atoms with Crippen molar-refractivity contribution in [1.29, 1.82) is 0 Å². The lowest BCUT2D eigenvalue weighted by molar-refractivity contribution is 0.600. The maximum absolute atomic E-state index is 14.7. The number of rotatable bonds is 3. The number of aromatic nitrogens is 7. The van der Waals surface area contributed by atoms with Crippen LogP contribution in [0.3, 0.4) is 0 Å². The van der Waals surface area contributed by atoms with Gasteiger partial charge in [0, 0.05) is 30.1 Å². The fourth-order valence-corrected chi connectivity index (χ4v) is 3.37. The number of hydrogen-bond acceptors (Lipinski definition) is 4. The summed E-state index contributed by atoms with van der Waals surface area (Å²) in [5.74, 6) is -0.506. The van der Waals surface area contributed by atoms with Gasteiger partial charge >= 0.3 is 0 Å². The van der Waals surface area contributed by atoms with Gasteiger partial charge in [-0.25, -0.2) is 13.9 Å². The summed E-state index contributed by atoms with van der Waals surface area (Å²) in [5.41, 5.74) is 4.50. The van der Waals surface area contributed by atoms with Gasteiger partial charge in [0.15, 0.2) is 5.65 Å². The molecule has 0 unspecified atom stereocenters. The van der Waals surface area contributed by atoms with Gasteiger partial charge in [0.1, 0.15) is 5.82 Å². The normalized spacial score (nSPS) is 12.9. The van der Waals surface area contributed by atoms with Gasteiger partial charge in [-0.2, -0.15) is 15.3 Å². The second-order valence-electron chi connectivity index (χ2n) is 6.63. The molecule has 0 saturated carbocycles. The van der Waals surface area contributed by atoms with Crippen LogP contribution in [-0.2, 0) is 7.05 Å². The molecule has 0 bridgehead atoms. The van der Waals surface area contributed by atoms with Crippen LogP contribution < -0.4 is 0 Å². The molecule has 1 atom stereocenters. The van der Waals surface area contributed by atoms with Crippen molar-refractivity contribution < 1.29 is 4.39 Å². The fourth-order valence-electron chi connectivity index (χ4n) is 3.37. The summed E-state index contributed by atoms with van der Waals surface area (Å²) in [4.78, 5) is 4.43. The Labute approximate surface area is 153 Å². The molecule has 0 aliphatic carbocycles. The maximum Gasteiger partial charge on any atom is 0.153 e. The number of aromatic amines is 1. The monoisotopic (exact) mass is 361 g/mol. The summed E-state index contributed by atoms with van der Waals surface area (Å²) in [6, 6.07) is 7.11. The summed E-state index contributed by atoms with van der Waals surface area (Å²) in [6.07, 6.45) is 7.11. The van der Waals surface area contributed by atoms with E-state index in [2.05, 4.69) is 20.3 Å². The molecule has 0 aliphatic rings. The highest BCUT2D eigenvalue weighted by Crippen LogP contribution is 2.30.